The van der Waals surface area contributed by atoms with Crippen LogP contribution < -0.4 is 10.2 Å². The first-order chi connectivity index (χ1) is 9.22. The molecule has 19 heavy (non-hydrogen) atoms. The van der Waals surface area contributed by atoms with E-state index < -0.39 is 6.09 Å². The van der Waals surface area contributed by atoms with Crippen molar-refractivity contribution in [1.82, 2.24) is 10.3 Å². The van der Waals surface area contributed by atoms with Crippen molar-refractivity contribution >= 4 is 11.8 Å². The molecule has 2 aliphatic heterocycles. The fraction of sp³-hybridized carbons (Fsp3) is 0.571. The van der Waals surface area contributed by atoms with Gasteiger partial charge in [0.1, 0.15) is 0 Å². The van der Waals surface area contributed by atoms with Gasteiger partial charge in [0.05, 0.1) is 5.69 Å². The minimum Gasteiger partial charge on any atom is -0.465 e. The lowest BCUT2D eigenvalue weighted by Gasteiger charge is -2.32. The first-order valence-corrected chi connectivity index (χ1v) is 6.89. The second-order valence-electron chi connectivity index (χ2n) is 5.57. The number of amides is 1. The molecule has 2 fully saturated rings. The van der Waals surface area contributed by atoms with Crippen molar-refractivity contribution in [3.63, 3.8) is 0 Å². The summed E-state index contributed by atoms with van der Waals surface area (Å²) >= 11 is 0. The molecule has 5 nitrogen and oxygen atoms in total. The molecule has 2 unspecified atom stereocenters. The van der Waals surface area contributed by atoms with Gasteiger partial charge >= 0.3 is 6.09 Å². The summed E-state index contributed by atoms with van der Waals surface area (Å²) in [6.07, 6.45) is 7.05. The highest BCUT2D eigenvalue weighted by Gasteiger charge is 2.34. The molecule has 0 aliphatic carbocycles. The lowest BCUT2D eigenvalue weighted by Crippen LogP contribution is -2.43. The molecule has 2 saturated heterocycles. The van der Waals surface area contributed by atoms with E-state index in [0.29, 0.717) is 30.2 Å². The van der Waals surface area contributed by atoms with Crippen molar-refractivity contribution in [1.29, 1.82) is 0 Å². The van der Waals surface area contributed by atoms with Crippen molar-refractivity contribution in [2.24, 2.45) is 5.92 Å². The van der Waals surface area contributed by atoms with Gasteiger partial charge in [0.25, 0.3) is 0 Å². The monoisotopic (exact) mass is 261 g/mol. The Hall–Kier alpha value is -1.62. The number of nitrogens with one attached hydrogen (secondary N) is 1. The predicted molar refractivity (Wildman–Crippen MR) is 72.3 cm³/mol. The van der Waals surface area contributed by atoms with Gasteiger partial charge in [-0.1, -0.05) is 0 Å². The molecular weight excluding hydrogens is 242 g/mol. The Balaban J connectivity index is 1.70. The van der Waals surface area contributed by atoms with Crippen LogP contribution in [-0.4, -0.2) is 34.8 Å². The lowest BCUT2D eigenvalue weighted by molar-refractivity contribution is 0.198. The minimum absolute atomic E-state index is 0.461. The molecule has 2 aliphatic rings. The van der Waals surface area contributed by atoms with E-state index in [9.17, 15) is 9.90 Å². The predicted octanol–water partition coefficient (Wildman–Crippen LogP) is 2.10. The number of hydrogen-bond donors (Lipinski definition) is 2. The van der Waals surface area contributed by atoms with Crippen LogP contribution in [0.4, 0.5) is 10.5 Å². The highest BCUT2D eigenvalue weighted by atomic mass is 16.4. The van der Waals surface area contributed by atoms with Gasteiger partial charge in [0, 0.05) is 31.0 Å². The van der Waals surface area contributed by atoms with Crippen molar-refractivity contribution in [3.05, 3.63) is 24.5 Å². The van der Waals surface area contributed by atoms with E-state index in [2.05, 4.69) is 10.3 Å². The van der Waals surface area contributed by atoms with Crippen LogP contribution in [0.1, 0.15) is 25.7 Å². The molecular formula is C14H19N3O2. The van der Waals surface area contributed by atoms with Crippen LogP contribution in [0.25, 0.3) is 0 Å². The number of anilines is 1. The third kappa shape index (κ3) is 2.71. The molecule has 2 N–H and O–H groups in total. The Morgan fingerprint density at radius 1 is 1.32 bits per heavy atom. The van der Waals surface area contributed by atoms with Gasteiger partial charge in [-0.25, -0.2) is 4.79 Å². The van der Waals surface area contributed by atoms with E-state index in [1.165, 1.54) is 17.7 Å². The fourth-order valence-corrected chi connectivity index (χ4v) is 3.40. The molecule has 1 amide bonds. The van der Waals surface area contributed by atoms with Crippen LogP contribution in [0.15, 0.2) is 24.5 Å². The third-order valence-electron chi connectivity index (χ3n) is 4.22. The Kier molecular flexibility index (Phi) is 3.38. The van der Waals surface area contributed by atoms with Gasteiger partial charge in [-0.2, -0.15) is 0 Å². The van der Waals surface area contributed by atoms with Crippen LogP contribution in [0.5, 0.6) is 0 Å². The Morgan fingerprint density at radius 3 is 2.53 bits per heavy atom. The topological polar surface area (TPSA) is 65.5 Å². The van der Waals surface area contributed by atoms with E-state index in [-0.39, 0.29) is 0 Å². The molecule has 0 saturated carbocycles. The van der Waals surface area contributed by atoms with Crippen LogP contribution >= 0.6 is 0 Å². The summed E-state index contributed by atoms with van der Waals surface area (Å²) in [4.78, 5) is 16.8. The number of piperidine rings is 1. The van der Waals surface area contributed by atoms with Gasteiger partial charge in [-0.3, -0.25) is 9.88 Å². The lowest BCUT2D eigenvalue weighted by atomic mass is 9.92. The van der Waals surface area contributed by atoms with E-state index in [1.807, 2.05) is 0 Å². The zero-order valence-corrected chi connectivity index (χ0v) is 10.8. The minimum atomic E-state index is -0.878. The van der Waals surface area contributed by atoms with Crippen molar-refractivity contribution in [3.8, 4) is 0 Å². The Labute approximate surface area is 112 Å². The summed E-state index contributed by atoms with van der Waals surface area (Å²) in [7, 11) is 0. The Morgan fingerprint density at radius 2 is 1.95 bits per heavy atom. The number of fused-ring (bicyclic) bond motifs is 2. The number of pyridine rings is 1. The number of carboxylic acid groups (broad SMARTS) is 1. The first-order valence-electron chi connectivity index (χ1n) is 6.89. The molecule has 3 heterocycles. The number of rotatable bonds is 3. The summed E-state index contributed by atoms with van der Waals surface area (Å²) in [5, 5.41) is 13.0. The maximum atomic E-state index is 11.4. The van der Waals surface area contributed by atoms with Gasteiger partial charge in [0.15, 0.2) is 0 Å². The number of aromatic nitrogens is 1. The highest BCUT2D eigenvalue weighted by molar-refractivity contribution is 5.85. The molecule has 1 aromatic rings. The SMILES string of the molecule is O=C(O)N(CC1CC2CCC(C1)N2)c1ccncc1. The summed E-state index contributed by atoms with van der Waals surface area (Å²) in [5.41, 5.74) is 0.716. The standard InChI is InChI=1S/C14H19N3O2/c18-14(19)17(13-3-5-15-6-4-13)9-10-7-11-1-2-12(8-10)16-11/h3-6,10-12,16H,1-2,7-9H2,(H,18,19). The van der Waals surface area contributed by atoms with E-state index in [4.69, 9.17) is 0 Å². The second kappa shape index (κ2) is 5.17. The molecule has 5 heteroatoms. The van der Waals surface area contributed by atoms with Gasteiger partial charge in [-0.05, 0) is 43.7 Å². The second-order valence-corrected chi connectivity index (χ2v) is 5.57. The number of carbonyl (C=O) groups is 1. The number of nitrogens with zero attached hydrogens (tertiary/aromatic N) is 2. The molecule has 3 rings (SSSR count). The maximum absolute atomic E-state index is 11.4. The van der Waals surface area contributed by atoms with Crippen molar-refractivity contribution in [2.45, 2.75) is 37.8 Å². The largest absolute Gasteiger partial charge is 0.465 e. The average molecular weight is 261 g/mol. The van der Waals surface area contributed by atoms with Crippen molar-refractivity contribution < 1.29 is 9.90 Å². The average Bonchev–Trinajstić information content (AvgIpc) is 2.76. The van der Waals surface area contributed by atoms with Crippen LogP contribution in [-0.2, 0) is 0 Å². The summed E-state index contributed by atoms with van der Waals surface area (Å²) in [5.74, 6) is 0.461. The van der Waals surface area contributed by atoms with E-state index in [1.54, 1.807) is 24.5 Å². The summed E-state index contributed by atoms with van der Waals surface area (Å²) in [6, 6.07) is 4.70. The molecule has 0 aromatic carbocycles. The van der Waals surface area contributed by atoms with Gasteiger partial charge in [-0.15, -0.1) is 0 Å². The molecule has 0 radical (unpaired) electrons. The first kappa shape index (κ1) is 12.4. The number of hydrogen-bond acceptors (Lipinski definition) is 3. The van der Waals surface area contributed by atoms with Crippen LogP contribution in [0.3, 0.4) is 0 Å². The van der Waals surface area contributed by atoms with Crippen molar-refractivity contribution in [2.75, 3.05) is 11.4 Å². The fourth-order valence-electron chi connectivity index (χ4n) is 3.40. The highest BCUT2D eigenvalue weighted by Crippen LogP contribution is 2.32. The van der Waals surface area contributed by atoms with E-state index in [0.717, 1.165) is 12.8 Å². The molecule has 2 atom stereocenters. The molecule has 1 aromatic heterocycles. The quantitative estimate of drug-likeness (QED) is 0.874. The maximum Gasteiger partial charge on any atom is 0.411 e. The summed E-state index contributed by atoms with van der Waals surface area (Å²) in [6.45, 7) is 0.591. The van der Waals surface area contributed by atoms with Gasteiger partial charge < -0.3 is 10.4 Å². The Bertz CT molecular complexity index is 439. The van der Waals surface area contributed by atoms with E-state index >= 15 is 0 Å². The summed E-state index contributed by atoms with van der Waals surface area (Å²) < 4.78 is 0. The smallest absolute Gasteiger partial charge is 0.411 e. The van der Waals surface area contributed by atoms with Gasteiger partial charge in [0.2, 0.25) is 0 Å². The third-order valence-corrected chi connectivity index (χ3v) is 4.22. The van der Waals surface area contributed by atoms with Crippen LogP contribution in [0.2, 0.25) is 0 Å². The zero-order valence-electron chi connectivity index (χ0n) is 10.8. The normalized spacial score (nSPS) is 29.2. The molecule has 102 valence electrons. The van der Waals surface area contributed by atoms with Crippen LogP contribution in [0, 0.1) is 5.92 Å². The zero-order chi connectivity index (χ0) is 13.2. The molecule has 2 bridgehead atoms. The molecule has 0 spiro atoms.